The molecule has 0 aliphatic heterocycles. The molecule has 0 spiro atoms. The fourth-order valence-corrected chi connectivity index (χ4v) is 1.43. The topological polar surface area (TPSA) is 53.5 Å². The van der Waals surface area contributed by atoms with Gasteiger partial charge in [0.15, 0.2) is 0 Å². The van der Waals surface area contributed by atoms with Crippen LogP contribution in [0.1, 0.15) is 27.2 Å². The molecule has 1 unspecified atom stereocenters. The van der Waals surface area contributed by atoms with Crippen LogP contribution in [-0.2, 0) is 4.74 Å². The van der Waals surface area contributed by atoms with Gasteiger partial charge in [0.25, 0.3) is 0 Å². The smallest absolute Gasteiger partial charge is 0.0591 e. The monoisotopic (exact) mass is 246 g/mol. The van der Waals surface area contributed by atoms with Crippen molar-refractivity contribution in [2.45, 2.75) is 27.2 Å². The van der Waals surface area contributed by atoms with Gasteiger partial charge in [-0.25, -0.2) is 0 Å². The molecule has 0 amide bonds. The molecule has 3 N–H and O–H groups in total. The molecule has 0 heterocycles. The van der Waals surface area contributed by atoms with Crippen LogP contribution in [0, 0.1) is 11.8 Å². The van der Waals surface area contributed by atoms with Gasteiger partial charge in [0.1, 0.15) is 0 Å². The summed E-state index contributed by atoms with van der Waals surface area (Å²) in [4.78, 5) is 0. The highest BCUT2D eigenvalue weighted by Gasteiger charge is 2.01. The van der Waals surface area contributed by atoms with Crippen LogP contribution in [0.25, 0.3) is 0 Å². The van der Waals surface area contributed by atoms with E-state index in [1.54, 1.807) is 0 Å². The Morgan fingerprint density at radius 3 is 2.41 bits per heavy atom. The standard InChI is InChI=1S/C13H30N2O2/c1-12(2)9-15-6-8-17-11-13(3)10-14-5-4-7-16/h12-16H,4-11H2,1-3H3. The van der Waals surface area contributed by atoms with E-state index in [9.17, 15) is 0 Å². The summed E-state index contributed by atoms with van der Waals surface area (Å²) in [5.74, 6) is 1.23. The number of ether oxygens (including phenoxy) is 1. The van der Waals surface area contributed by atoms with Crippen molar-refractivity contribution in [1.82, 2.24) is 10.6 Å². The molecule has 4 nitrogen and oxygen atoms in total. The van der Waals surface area contributed by atoms with Crippen LogP contribution in [0.2, 0.25) is 0 Å². The van der Waals surface area contributed by atoms with E-state index in [0.29, 0.717) is 11.8 Å². The van der Waals surface area contributed by atoms with E-state index in [2.05, 4.69) is 31.4 Å². The Morgan fingerprint density at radius 2 is 1.76 bits per heavy atom. The second-order valence-corrected chi connectivity index (χ2v) is 5.06. The minimum atomic E-state index is 0.263. The molecular formula is C13H30N2O2. The molecule has 0 saturated carbocycles. The Labute approximate surface area is 106 Å². The predicted octanol–water partition coefficient (Wildman–Crippen LogP) is 0.857. The molecule has 0 aliphatic carbocycles. The third kappa shape index (κ3) is 13.8. The molecule has 17 heavy (non-hydrogen) atoms. The number of aliphatic hydroxyl groups excluding tert-OH is 1. The zero-order valence-electron chi connectivity index (χ0n) is 11.7. The number of nitrogens with one attached hydrogen (secondary N) is 2. The van der Waals surface area contributed by atoms with E-state index >= 15 is 0 Å². The SMILES string of the molecule is CC(C)CNCCOCC(C)CNCCCO. The normalized spacial score (nSPS) is 13.2. The average Bonchev–Trinajstić information content (AvgIpc) is 2.29. The van der Waals surface area contributed by atoms with Gasteiger partial charge in [-0.3, -0.25) is 0 Å². The Morgan fingerprint density at radius 1 is 1.06 bits per heavy atom. The lowest BCUT2D eigenvalue weighted by Gasteiger charge is -2.13. The third-order valence-electron chi connectivity index (χ3n) is 2.38. The van der Waals surface area contributed by atoms with Gasteiger partial charge in [-0.1, -0.05) is 20.8 Å². The summed E-state index contributed by atoms with van der Waals surface area (Å²) in [6.07, 6.45) is 0.826. The zero-order valence-corrected chi connectivity index (χ0v) is 11.7. The first-order valence-electron chi connectivity index (χ1n) is 6.76. The van der Waals surface area contributed by atoms with Crippen LogP contribution in [0.3, 0.4) is 0 Å². The van der Waals surface area contributed by atoms with E-state index in [4.69, 9.17) is 9.84 Å². The van der Waals surface area contributed by atoms with E-state index < -0.39 is 0 Å². The van der Waals surface area contributed by atoms with Gasteiger partial charge >= 0.3 is 0 Å². The average molecular weight is 246 g/mol. The van der Waals surface area contributed by atoms with Gasteiger partial charge in [-0.15, -0.1) is 0 Å². The first-order valence-corrected chi connectivity index (χ1v) is 6.76. The lowest BCUT2D eigenvalue weighted by atomic mass is 10.2. The van der Waals surface area contributed by atoms with Gasteiger partial charge in [0.05, 0.1) is 13.2 Å². The van der Waals surface area contributed by atoms with Crippen LogP contribution in [0.4, 0.5) is 0 Å². The van der Waals surface area contributed by atoms with E-state index in [0.717, 1.165) is 45.8 Å². The zero-order chi connectivity index (χ0) is 12.9. The molecule has 0 saturated heterocycles. The summed E-state index contributed by atoms with van der Waals surface area (Å²) in [5.41, 5.74) is 0. The van der Waals surface area contributed by atoms with Crippen LogP contribution >= 0.6 is 0 Å². The second-order valence-electron chi connectivity index (χ2n) is 5.06. The van der Waals surface area contributed by atoms with Crippen molar-refractivity contribution in [2.24, 2.45) is 11.8 Å². The first kappa shape index (κ1) is 16.8. The Balaban J connectivity index is 3.13. The van der Waals surface area contributed by atoms with Crippen molar-refractivity contribution in [1.29, 1.82) is 0 Å². The molecule has 104 valence electrons. The van der Waals surface area contributed by atoms with Crippen molar-refractivity contribution in [3.05, 3.63) is 0 Å². The first-order chi connectivity index (χ1) is 8.16. The molecule has 4 heteroatoms. The van der Waals surface area contributed by atoms with Crippen LogP contribution < -0.4 is 10.6 Å². The Hall–Kier alpha value is -0.160. The Kier molecular flexibility index (Phi) is 12.2. The summed E-state index contributed by atoms with van der Waals surface area (Å²) in [7, 11) is 0. The summed E-state index contributed by atoms with van der Waals surface area (Å²) in [6, 6.07) is 0. The maximum Gasteiger partial charge on any atom is 0.0591 e. The fourth-order valence-electron chi connectivity index (χ4n) is 1.43. The molecule has 0 fully saturated rings. The van der Waals surface area contributed by atoms with Crippen molar-refractivity contribution < 1.29 is 9.84 Å². The highest BCUT2D eigenvalue weighted by atomic mass is 16.5. The number of hydrogen-bond donors (Lipinski definition) is 3. The van der Waals surface area contributed by atoms with Crippen molar-refractivity contribution in [3.63, 3.8) is 0 Å². The summed E-state index contributed by atoms with van der Waals surface area (Å²) >= 11 is 0. The van der Waals surface area contributed by atoms with Gasteiger partial charge in [-0.2, -0.15) is 0 Å². The van der Waals surface area contributed by atoms with Gasteiger partial charge in [0.2, 0.25) is 0 Å². The largest absolute Gasteiger partial charge is 0.396 e. The second kappa shape index (κ2) is 12.3. The number of rotatable bonds is 12. The van der Waals surface area contributed by atoms with Gasteiger partial charge < -0.3 is 20.5 Å². The number of hydrogen-bond acceptors (Lipinski definition) is 4. The van der Waals surface area contributed by atoms with Crippen LogP contribution in [-0.4, -0.2) is 51.1 Å². The highest BCUT2D eigenvalue weighted by molar-refractivity contribution is 4.56. The maximum atomic E-state index is 8.62. The van der Waals surface area contributed by atoms with E-state index in [-0.39, 0.29) is 6.61 Å². The van der Waals surface area contributed by atoms with Gasteiger partial charge in [-0.05, 0) is 37.9 Å². The summed E-state index contributed by atoms with van der Waals surface area (Å²) in [5, 5.41) is 15.3. The predicted molar refractivity (Wildman–Crippen MR) is 72.3 cm³/mol. The quantitative estimate of drug-likeness (QED) is 0.447. The third-order valence-corrected chi connectivity index (χ3v) is 2.38. The summed E-state index contributed by atoms with van der Waals surface area (Å²) in [6.45, 7) is 12.3. The lowest BCUT2D eigenvalue weighted by molar-refractivity contribution is 0.106. The minimum absolute atomic E-state index is 0.263. The molecule has 0 radical (unpaired) electrons. The molecular weight excluding hydrogens is 216 g/mol. The molecule has 0 aliphatic rings. The van der Waals surface area contributed by atoms with Crippen molar-refractivity contribution >= 4 is 0 Å². The molecule has 1 atom stereocenters. The van der Waals surface area contributed by atoms with E-state index in [1.165, 1.54) is 0 Å². The van der Waals surface area contributed by atoms with E-state index in [1.807, 2.05) is 0 Å². The lowest BCUT2D eigenvalue weighted by Crippen LogP contribution is -2.28. The van der Waals surface area contributed by atoms with Crippen molar-refractivity contribution in [3.8, 4) is 0 Å². The molecule has 0 bridgehead atoms. The van der Waals surface area contributed by atoms with Crippen LogP contribution in [0.5, 0.6) is 0 Å². The Bertz CT molecular complexity index is 154. The minimum Gasteiger partial charge on any atom is -0.396 e. The molecule has 0 rings (SSSR count). The molecule has 0 aromatic carbocycles. The van der Waals surface area contributed by atoms with Gasteiger partial charge in [0, 0.05) is 13.2 Å². The van der Waals surface area contributed by atoms with Crippen molar-refractivity contribution in [2.75, 3.05) is 46.0 Å². The molecule has 0 aromatic heterocycles. The fraction of sp³-hybridized carbons (Fsp3) is 1.00. The highest BCUT2D eigenvalue weighted by Crippen LogP contribution is 1.93. The van der Waals surface area contributed by atoms with Crippen LogP contribution in [0.15, 0.2) is 0 Å². The number of aliphatic hydroxyl groups is 1. The maximum absolute atomic E-state index is 8.62. The summed E-state index contributed by atoms with van der Waals surface area (Å²) < 4.78 is 5.58. The molecule has 0 aromatic rings.